The summed E-state index contributed by atoms with van der Waals surface area (Å²) in [5.41, 5.74) is 0.436. The van der Waals surface area contributed by atoms with Gasteiger partial charge in [0.1, 0.15) is 5.01 Å². The van der Waals surface area contributed by atoms with E-state index in [2.05, 4.69) is 4.98 Å². The van der Waals surface area contributed by atoms with Crippen LogP contribution in [0.3, 0.4) is 0 Å². The normalized spacial score (nSPS) is 10.5. The van der Waals surface area contributed by atoms with E-state index in [9.17, 15) is 13.6 Å². The molecule has 1 aromatic carbocycles. The number of rotatable bonds is 3. The molecule has 0 aliphatic rings. The highest BCUT2D eigenvalue weighted by atomic mass is 32.1. The van der Waals surface area contributed by atoms with Crippen molar-refractivity contribution in [3.8, 4) is 10.6 Å². The van der Waals surface area contributed by atoms with Crippen molar-refractivity contribution >= 4 is 17.3 Å². The van der Waals surface area contributed by atoms with E-state index >= 15 is 0 Å². The summed E-state index contributed by atoms with van der Waals surface area (Å²) < 4.78 is 25.7. The number of carboxylic acids is 1. The van der Waals surface area contributed by atoms with Gasteiger partial charge in [0.2, 0.25) is 0 Å². The van der Waals surface area contributed by atoms with Crippen LogP contribution in [-0.4, -0.2) is 16.1 Å². The first-order chi connectivity index (χ1) is 8.06. The van der Waals surface area contributed by atoms with E-state index in [0.717, 1.165) is 23.5 Å². The first kappa shape index (κ1) is 11.7. The number of hydrogen-bond donors (Lipinski definition) is 1. The predicted molar refractivity (Wildman–Crippen MR) is 58.8 cm³/mol. The Bertz CT molecular complexity index is 568. The van der Waals surface area contributed by atoms with Crippen molar-refractivity contribution < 1.29 is 18.7 Å². The second kappa shape index (κ2) is 4.58. The molecular formula is C11H7F2NO2S. The van der Waals surface area contributed by atoms with Gasteiger partial charge in [0.25, 0.3) is 0 Å². The molecule has 0 atom stereocenters. The number of nitrogens with zero attached hydrogens (tertiary/aromatic N) is 1. The third kappa shape index (κ3) is 2.65. The minimum absolute atomic E-state index is 0.124. The zero-order valence-electron chi connectivity index (χ0n) is 8.48. The van der Waals surface area contributed by atoms with E-state index in [1.54, 1.807) is 0 Å². The average molecular weight is 255 g/mol. The minimum Gasteiger partial charge on any atom is -0.481 e. The van der Waals surface area contributed by atoms with E-state index in [4.69, 9.17) is 5.11 Å². The largest absolute Gasteiger partial charge is 0.481 e. The van der Waals surface area contributed by atoms with Crippen molar-refractivity contribution in [1.82, 2.24) is 4.98 Å². The van der Waals surface area contributed by atoms with Crippen LogP contribution in [-0.2, 0) is 11.2 Å². The molecule has 3 nitrogen and oxygen atoms in total. The van der Waals surface area contributed by atoms with Crippen LogP contribution >= 0.6 is 11.3 Å². The first-order valence-corrected chi connectivity index (χ1v) is 5.50. The summed E-state index contributed by atoms with van der Waals surface area (Å²) in [5, 5.41) is 9.07. The second-order valence-corrected chi connectivity index (χ2v) is 4.45. The van der Waals surface area contributed by atoms with E-state index in [-0.39, 0.29) is 6.42 Å². The standard InChI is InChI=1S/C11H7F2NO2S/c12-8-2-1-6(3-9(8)13)11-14-5-7(17-11)4-10(15)16/h1-3,5H,4H2,(H,15,16). The summed E-state index contributed by atoms with van der Waals surface area (Å²) in [6.07, 6.45) is 1.30. The summed E-state index contributed by atoms with van der Waals surface area (Å²) >= 11 is 1.15. The van der Waals surface area contributed by atoms with Gasteiger partial charge < -0.3 is 5.11 Å². The van der Waals surface area contributed by atoms with Crippen molar-refractivity contribution in [1.29, 1.82) is 0 Å². The summed E-state index contributed by atoms with van der Waals surface area (Å²) in [6.45, 7) is 0. The van der Waals surface area contributed by atoms with Crippen LogP contribution in [0.5, 0.6) is 0 Å². The molecule has 1 N–H and O–H groups in total. The Hall–Kier alpha value is -1.82. The van der Waals surface area contributed by atoms with Gasteiger partial charge in [-0.15, -0.1) is 11.3 Å². The van der Waals surface area contributed by atoms with Crippen LogP contribution in [0.1, 0.15) is 4.88 Å². The van der Waals surface area contributed by atoms with E-state index < -0.39 is 17.6 Å². The molecule has 17 heavy (non-hydrogen) atoms. The Labute approximate surface area is 99.4 Å². The highest BCUT2D eigenvalue weighted by molar-refractivity contribution is 7.15. The topological polar surface area (TPSA) is 50.2 Å². The zero-order valence-corrected chi connectivity index (χ0v) is 9.30. The number of benzene rings is 1. The van der Waals surface area contributed by atoms with E-state index in [0.29, 0.717) is 15.4 Å². The third-order valence-electron chi connectivity index (χ3n) is 2.05. The molecule has 2 rings (SSSR count). The Balaban J connectivity index is 2.30. The Morgan fingerprint density at radius 3 is 2.76 bits per heavy atom. The SMILES string of the molecule is O=C(O)Cc1cnc(-c2ccc(F)c(F)c2)s1. The molecular weight excluding hydrogens is 248 g/mol. The fraction of sp³-hybridized carbons (Fsp3) is 0.0909. The monoisotopic (exact) mass is 255 g/mol. The molecule has 0 aliphatic carbocycles. The predicted octanol–water partition coefficient (Wildman–Crippen LogP) is 2.72. The van der Waals surface area contributed by atoms with Gasteiger partial charge >= 0.3 is 5.97 Å². The third-order valence-corrected chi connectivity index (χ3v) is 3.09. The molecule has 0 saturated carbocycles. The molecule has 0 spiro atoms. The molecule has 0 fully saturated rings. The summed E-state index contributed by atoms with van der Waals surface area (Å²) in [6, 6.07) is 3.46. The fourth-order valence-electron chi connectivity index (χ4n) is 1.30. The van der Waals surface area contributed by atoms with Crippen LogP contribution < -0.4 is 0 Å². The fourth-order valence-corrected chi connectivity index (χ4v) is 2.20. The van der Waals surface area contributed by atoms with Crippen LogP contribution in [0.25, 0.3) is 10.6 Å². The molecule has 2 aromatic rings. The number of carboxylic acid groups (broad SMARTS) is 1. The van der Waals surface area contributed by atoms with Crippen LogP contribution in [0.15, 0.2) is 24.4 Å². The van der Waals surface area contributed by atoms with Gasteiger partial charge in [0, 0.05) is 16.6 Å². The van der Waals surface area contributed by atoms with Gasteiger partial charge in [-0.25, -0.2) is 13.8 Å². The maximum Gasteiger partial charge on any atom is 0.308 e. The molecule has 88 valence electrons. The molecule has 0 radical (unpaired) electrons. The molecule has 0 aliphatic heterocycles. The average Bonchev–Trinajstić information content (AvgIpc) is 2.69. The summed E-state index contributed by atoms with van der Waals surface area (Å²) in [5.74, 6) is -2.82. The van der Waals surface area contributed by atoms with Crippen molar-refractivity contribution in [2.75, 3.05) is 0 Å². The van der Waals surface area contributed by atoms with Gasteiger partial charge in [0.05, 0.1) is 6.42 Å². The zero-order chi connectivity index (χ0) is 12.4. The van der Waals surface area contributed by atoms with E-state index in [1.807, 2.05) is 0 Å². The number of hydrogen-bond acceptors (Lipinski definition) is 3. The summed E-state index contributed by atoms with van der Waals surface area (Å²) in [7, 11) is 0. The highest BCUT2D eigenvalue weighted by Crippen LogP contribution is 2.26. The Morgan fingerprint density at radius 1 is 1.35 bits per heavy atom. The number of aliphatic carboxylic acids is 1. The maximum atomic E-state index is 13.0. The van der Waals surface area contributed by atoms with Gasteiger partial charge in [-0.2, -0.15) is 0 Å². The molecule has 0 saturated heterocycles. The van der Waals surface area contributed by atoms with Crippen molar-refractivity contribution in [3.63, 3.8) is 0 Å². The minimum atomic E-state index is -0.953. The van der Waals surface area contributed by atoms with E-state index in [1.165, 1.54) is 12.3 Å². The molecule has 0 amide bonds. The van der Waals surface area contributed by atoms with Gasteiger partial charge in [-0.05, 0) is 18.2 Å². The number of thiazole rings is 1. The number of aromatic nitrogens is 1. The number of halogens is 2. The molecule has 0 bridgehead atoms. The molecule has 1 heterocycles. The quantitative estimate of drug-likeness (QED) is 0.917. The van der Waals surface area contributed by atoms with Crippen LogP contribution in [0, 0.1) is 11.6 Å². The lowest BCUT2D eigenvalue weighted by atomic mass is 10.2. The smallest absolute Gasteiger partial charge is 0.308 e. The lowest BCUT2D eigenvalue weighted by Gasteiger charge is -1.97. The van der Waals surface area contributed by atoms with Gasteiger partial charge in [-0.3, -0.25) is 4.79 Å². The van der Waals surface area contributed by atoms with Crippen molar-refractivity contribution in [3.05, 3.63) is 40.9 Å². The maximum absolute atomic E-state index is 13.0. The first-order valence-electron chi connectivity index (χ1n) is 4.68. The lowest BCUT2D eigenvalue weighted by Crippen LogP contribution is -1.97. The Kier molecular flexibility index (Phi) is 3.14. The molecule has 6 heteroatoms. The number of carbonyl (C=O) groups is 1. The van der Waals surface area contributed by atoms with Crippen LogP contribution in [0.4, 0.5) is 8.78 Å². The highest BCUT2D eigenvalue weighted by Gasteiger charge is 2.10. The van der Waals surface area contributed by atoms with Gasteiger partial charge in [-0.1, -0.05) is 0 Å². The lowest BCUT2D eigenvalue weighted by molar-refractivity contribution is -0.136. The molecule has 1 aromatic heterocycles. The summed E-state index contributed by atoms with van der Waals surface area (Å²) in [4.78, 5) is 15.0. The van der Waals surface area contributed by atoms with Gasteiger partial charge in [0.15, 0.2) is 11.6 Å². The van der Waals surface area contributed by atoms with Crippen molar-refractivity contribution in [2.45, 2.75) is 6.42 Å². The molecule has 0 unspecified atom stereocenters. The van der Waals surface area contributed by atoms with Crippen LogP contribution in [0.2, 0.25) is 0 Å². The Morgan fingerprint density at radius 2 is 2.12 bits per heavy atom. The second-order valence-electron chi connectivity index (χ2n) is 3.33. The van der Waals surface area contributed by atoms with Crippen molar-refractivity contribution in [2.24, 2.45) is 0 Å².